The Morgan fingerprint density at radius 3 is 2.48 bits per heavy atom. The van der Waals surface area contributed by atoms with Crippen molar-refractivity contribution in [1.82, 2.24) is 9.80 Å². The van der Waals surface area contributed by atoms with Gasteiger partial charge in [0.05, 0.1) is 12.0 Å². The number of carboxylic acids is 1. The molecule has 2 aromatic carbocycles. The highest BCUT2D eigenvalue weighted by Crippen LogP contribution is 2.40. The largest absolute Gasteiger partial charge is 0.479 e. The standard InChI is InChI=1S/C24H27N3O6/c1-5-15-7-6-8-17-20(15)22(30)27(4)24(17,23(31)32)13-33-19(28)12-14-9-10-18(25)16(11-14)21(29)26(2)3/h6-11H,5,12-13,25H2,1-4H3,(H,31,32)/t24-/m0/s1. The number of fused-ring (bicyclic) bond motifs is 1. The lowest BCUT2D eigenvalue weighted by Crippen LogP contribution is -2.51. The van der Waals surface area contributed by atoms with Crippen molar-refractivity contribution in [3.05, 3.63) is 64.2 Å². The molecule has 0 aliphatic carbocycles. The molecule has 1 heterocycles. The summed E-state index contributed by atoms with van der Waals surface area (Å²) in [5, 5.41) is 10.1. The van der Waals surface area contributed by atoms with Crippen LogP contribution >= 0.6 is 0 Å². The van der Waals surface area contributed by atoms with Gasteiger partial charge in [-0.2, -0.15) is 0 Å². The van der Waals surface area contributed by atoms with Crippen LogP contribution in [0.1, 0.15) is 44.3 Å². The van der Waals surface area contributed by atoms with Gasteiger partial charge in [0.25, 0.3) is 11.8 Å². The van der Waals surface area contributed by atoms with Crippen molar-refractivity contribution in [1.29, 1.82) is 0 Å². The molecule has 0 fully saturated rings. The number of aryl methyl sites for hydroxylation is 1. The van der Waals surface area contributed by atoms with E-state index in [1.165, 1.54) is 24.1 Å². The number of ether oxygens (including phenoxy) is 1. The van der Waals surface area contributed by atoms with Gasteiger partial charge in [0, 0.05) is 38.0 Å². The highest BCUT2D eigenvalue weighted by atomic mass is 16.5. The van der Waals surface area contributed by atoms with Gasteiger partial charge in [-0.1, -0.05) is 31.2 Å². The van der Waals surface area contributed by atoms with Crippen LogP contribution in [0.25, 0.3) is 0 Å². The van der Waals surface area contributed by atoms with E-state index < -0.39 is 30.0 Å². The number of carboxylic acid groups (broad SMARTS) is 1. The number of likely N-dealkylation sites (N-methyl/N-ethyl adjacent to an activating group) is 1. The van der Waals surface area contributed by atoms with Gasteiger partial charge in [-0.25, -0.2) is 4.79 Å². The normalized spacial score (nSPS) is 17.0. The van der Waals surface area contributed by atoms with E-state index in [9.17, 15) is 24.3 Å². The van der Waals surface area contributed by atoms with Crippen LogP contribution < -0.4 is 5.73 Å². The highest BCUT2D eigenvalue weighted by molar-refractivity contribution is 6.06. The van der Waals surface area contributed by atoms with Crippen LogP contribution in [-0.2, 0) is 32.7 Å². The molecule has 0 saturated carbocycles. The van der Waals surface area contributed by atoms with Gasteiger partial charge >= 0.3 is 11.9 Å². The summed E-state index contributed by atoms with van der Waals surface area (Å²) in [5.74, 6) is -2.71. The monoisotopic (exact) mass is 453 g/mol. The first-order valence-corrected chi connectivity index (χ1v) is 10.4. The summed E-state index contributed by atoms with van der Waals surface area (Å²) in [6.07, 6.45) is 0.368. The molecule has 33 heavy (non-hydrogen) atoms. The zero-order valence-corrected chi connectivity index (χ0v) is 19.0. The number of amides is 2. The first kappa shape index (κ1) is 23.8. The van der Waals surface area contributed by atoms with Crippen LogP contribution in [0, 0.1) is 0 Å². The number of carbonyl (C=O) groups excluding carboxylic acids is 3. The minimum Gasteiger partial charge on any atom is -0.479 e. The fraction of sp³-hybridized carbons (Fsp3) is 0.333. The maximum absolute atomic E-state index is 12.9. The maximum atomic E-state index is 12.9. The molecule has 0 radical (unpaired) electrons. The number of hydrogen-bond donors (Lipinski definition) is 2. The number of rotatable bonds is 7. The number of esters is 1. The SMILES string of the molecule is CCc1cccc2c1C(=O)N(C)[C@]2(COC(=O)Cc1ccc(N)c(C(=O)N(C)C)c1)C(=O)O. The minimum atomic E-state index is -1.82. The van der Waals surface area contributed by atoms with Crippen molar-refractivity contribution in [2.45, 2.75) is 25.3 Å². The Labute approximate surface area is 191 Å². The Balaban J connectivity index is 1.85. The summed E-state index contributed by atoms with van der Waals surface area (Å²) in [5.41, 5.74) is 6.48. The van der Waals surface area contributed by atoms with Crippen molar-refractivity contribution in [2.24, 2.45) is 0 Å². The third-order valence-electron chi connectivity index (χ3n) is 5.97. The summed E-state index contributed by atoms with van der Waals surface area (Å²) in [6.45, 7) is 1.34. The van der Waals surface area contributed by atoms with Crippen LogP contribution in [0.15, 0.2) is 36.4 Å². The number of anilines is 1. The number of nitrogens with zero attached hydrogens (tertiary/aromatic N) is 2. The number of hydrogen-bond acceptors (Lipinski definition) is 6. The third kappa shape index (κ3) is 4.02. The highest BCUT2D eigenvalue weighted by Gasteiger charge is 2.55. The Morgan fingerprint density at radius 2 is 1.88 bits per heavy atom. The van der Waals surface area contributed by atoms with E-state index >= 15 is 0 Å². The molecule has 0 bridgehead atoms. The molecule has 2 amide bonds. The van der Waals surface area contributed by atoms with E-state index in [1.54, 1.807) is 38.4 Å². The van der Waals surface area contributed by atoms with Gasteiger partial charge in [0.1, 0.15) is 6.61 Å². The molecule has 174 valence electrons. The molecule has 1 aliphatic heterocycles. The van der Waals surface area contributed by atoms with E-state index in [4.69, 9.17) is 10.5 Å². The molecule has 0 unspecified atom stereocenters. The average molecular weight is 453 g/mol. The van der Waals surface area contributed by atoms with E-state index in [1.807, 2.05) is 6.92 Å². The molecule has 0 aromatic heterocycles. The molecule has 9 heteroatoms. The minimum absolute atomic E-state index is 0.191. The second-order valence-corrected chi connectivity index (χ2v) is 8.18. The molecule has 3 rings (SSSR count). The summed E-state index contributed by atoms with van der Waals surface area (Å²) in [7, 11) is 4.58. The lowest BCUT2D eigenvalue weighted by atomic mass is 9.88. The molecule has 9 nitrogen and oxygen atoms in total. The Kier molecular flexibility index (Phi) is 6.44. The van der Waals surface area contributed by atoms with Crippen LogP contribution in [0.2, 0.25) is 0 Å². The van der Waals surface area contributed by atoms with Gasteiger partial charge in [0.15, 0.2) is 0 Å². The van der Waals surface area contributed by atoms with Crippen molar-refractivity contribution in [2.75, 3.05) is 33.5 Å². The third-order valence-corrected chi connectivity index (χ3v) is 5.97. The van der Waals surface area contributed by atoms with Crippen molar-refractivity contribution in [3.63, 3.8) is 0 Å². The van der Waals surface area contributed by atoms with Crippen LogP contribution in [0.3, 0.4) is 0 Å². The molecule has 1 aliphatic rings. The predicted octanol–water partition coefficient (Wildman–Crippen LogP) is 1.68. The quantitative estimate of drug-likeness (QED) is 0.482. The second-order valence-electron chi connectivity index (χ2n) is 8.18. The Bertz CT molecular complexity index is 1140. The average Bonchev–Trinajstić information content (AvgIpc) is 3.00. The van der Waals surface area contributed by atoms with Gasteiger partial charge in [-0.05, 0) is 29.7 Å². The number of nitrogens with two attached hydrogens (primary N) is 1. The lowest BCUT2D eigenvalue weighted by Gasteiger charge is -2.32. The van der Waals surface area contributed by atoms with Crippen molar-refractivity contribution >= 4 is 29.4 Å². The zero-order chi connectivity index (χ0) is 24.5. The van der Waals surface area contributed by atoms with E-state index in [-0.39, 0.29) is 23.6 Å². The Morgan fingerprint density at radius 1 is 1.18 bits per heavy atom. The van der Waals surface area contributed by atoms with Gasteiger partial charge in [0.2, 0.25) is 5.54 Å². The number of carbonyl (C=O) groups is 4. The smallest absolute Gasteiger partial charge is 0.338 e. The van der Waals surface area contributed by atoms with Gasteiger partial charge in [-0.3, -0.25) is 14.4 Å². The first-order valence-electron chi connectivity index (χ1n) is 10.4. The number of aliphatic carboxylic acids is 1. The summed E-state index contributed by atoms with van der Waals surface area (Å²) in [4.78, 5) is 52.7. The number of nitrogen functional groups attached to an aromatic ring is 1. The van der Waals surface area contributed by atoms with Crippen LogP contribution in [0.4, 0.5) is 5.69 Å². The van der Waals surface area contributed by atoms with E-state index in [2.05, 4.69) is 0 Å². The fourth-order valence-electron chi connectivity index (χ4n) is 4.05. The van der Waals surface area contributed by atoms with Crippen LogP contribution in [-0.4, -0.2) is 66.4 Å². The molecule has 3 N–H and O–H groups in total. The second kappa shape index (κ2) is 8.93. The van der Waals surface area contributed by atoms with E-state index in [0.717, 1.165) is 10.5 Å². The summed E-state index contributed by atoms with van der Waals surface area (Å²) < 4.78 is 5.38. The zero-order valence-electron chi connectivity index (χ0n) is 19.0. The van der Waals surface area contributed by atoms with Gasteiger partial charge < -0.3 is 25.4 Å². The summed E-state index contributed by atoms with van der Waals surface area (Å²) in [6, 6.07) is 9.70. The van der Waals surface area contributed by atoms with Crippen molar-refractivity contribution < 1.29 is 29.0 Å². The van der Waals surface area contributed by atoms with Crippen LogP contribution in [0.5, 0.6) is 0 Å². The summed E-state index contributed by atoms with van der Waals surface area (Å²) >= 11 is 0. The number of benzene rings is 2. The van der Waals surface area contributed by atoms with Gasteiger partial charge in [-0.15, -0.1) is 0 Å². The molecule has 0 saturated heterocycles. The maximum Gasteiger partial charge on any atom is 0.338 e. The molecular weight excluding hydrogens is 426 g/mol. The van der Waals surface area contributed by atoms with Crippen molar-refractivity contribution in [3.8, 4) is 0 Å². The molecular formula is C24H27N3O6. The predicted molar refractivity (Wildman–Crippen MR) is 121 cm³/mol. The first-order chi connectivity index (χ1) is 15.5. The molecule has 2 aromatic rings. The molecule has 0 spiro atoms. The topological polar surface area (TPSA) is 130 Å². The lowest BCUT2D eigenvalue weighted by molar-refractivity contribution is -0.159. The van der Waals surface area contributed by atoms with E-state index in [0.29, 0.717) is 23.1 Å². The fourth-order valence-corrected chi connectivity index (χ4v) is 4.05. The Hall–Kier alpha value is -3.88. The molecule has 1 atom stereocenters.